The standard InChI is InChI=1S/C12H16O4S/c1-14-9-3-4-10(15-2)11(5-9)17-12(6-13)7-16-8-12/h3-5,13H,6-8H2,1-2H3. The smallest absolute Gasteiger partial charge is 0.132 e. The van der Waals surface area contributed by atoms with Gasteiger partial charge in [0.25, 0.3) is 0 Å². The fourth-order valence-electron chi connectivity index (χ4n) is 1.61. The molecule has 0 amide bonds. The Labute approximate surface area is 105 Å². The van der Waals surface area contributed by atoms with Crippen LogP contribution in [0.4, 0.5) is 0 Å². The lowest BCUT2D eigenvalue weighted by Crippen LogP contribution is -2.49. The second-order valence-electron chi connectivity index (χ2n) is 3.95. The van der Waals surface area contributed by atoms with Crippen molar-refractivity contribution >= 4 is 11.8 Å². The number of aliphatic hydroxyl groups excluding tert-OH is 1. The van der Waals surface area contributed by atoms with Crippen molar-refractivity contribution in [1.29, 1.82) is 0 Å². The third-order valence-corrected chi connectivity index (χ3v) is 4.05. The maximum Gasteiger partial charge on any atom is 0.132 e. The van der Waals surface area contributed by atoms with Crippen LogP contribution in [0.5, 0.6) is 11.5 Å². The first-order valence-electron chi connectivity index (χ1n) is 5.33. The average Bonchev–Trinajstić information content (AvgIpc) is 2.33. The van der Waals surface area contributed by atoms with Gasteiger partial charge in [-0.3, -0.25) is 0 Å². The zero-order valence-corrected chi connectivity index (χ0v) is 10.8. The Morgan fingerprint density at radius 2 is 2.12 bits per heavy atom. The Morgan fingerprint density at radius 3 is 2.59 bits per heavy atom. The van der Waals surface area contributed by atoms with Crippen LogP contribution in [0.15, 0.2) is 23.1 Å². The van der Waals surface area contributed by atoms with E-state index in [9.17, 15) is 5.11 Å². The predicted molar refractivity (Wildman–Crippen MR) is 66.0 cm³/mol. The van der Waals surface area contributed by atoms with Gasteiger partial charge in [0.05, 0.1) is 43.7 Å². The van der Waals surface area contributed by atoms with Crippen LogP contribution in [0, 0.1) is 0 Å². The number of hydrogen-bond donors (Lipinski definition) is 1. The molecule has 0 bridgehead atoms. The molecule has 1 heterocycles. The summed E-state index contributed by atoms with van der Waals surface area (Å²) in [6, 6.07) is 5.64. The van der Waals surface area contributed by atoms with E-state index in [2.05, 4.69) is 0 Å². The normalized spacial score (nSPS) is 17.4. The van der Waals surface area contributed by atoms with Crippen molar-refractivity contribution in [2.75, 3.05) is 34.0 Å². The number of rotatable bonds is 5. The number of hydrogen-bond acceptors (Lipinski definition) is 5. The van der Waals surface area contributed by atoms with Gasteiger partial charge in [-0.05, 0) is 18.2 Å². The van der Waals surface area contributed by atoms with Crippen molar-refractivity contribution in [2.45, 2.75) is 9.64 Å². The van der Waals surface area contributed by atoms with Gasteiger partial charge in [0.1, 0.15) is 11.5 Å². The molecule has 1 aromatic carbocycles. The largest absolute Gasteiger partial charge is 0.497 e. The van der Waals surface area contributed by atoms with Gasteiger partial charge >= 0.3 is 0 Å². The second kappa shape index (κ2) is 5.16. The maximum absolute atomic E-state index is 9.42. The van der Waals surface area contributed by atoms with Gasteiger partial charge in [0.15, 0.2) is 0 Å². The predicted octanol–water partition coefficient (Wildman–Crippen LogP) is 1.56. The first-order chi connectivity index (χ1) is 8.23. The van der Waals surface area contributed by atoms with Crippen LogP contribution in [-0.4, -0.2) is 43.9 Å². The van der Waals surface area contributed by atoms with Crippen LogP contribution >= 0.6 is 11.8 Å². The topological polar surface area (TPSA) is 47.9 Å². The van der Waals surface area contributed by atoms with Gasteiger partial charge in [-0.1, -0.05) is 0 Å². The highest BCUT2D eigenvalue weighted by Gasteiger charge is 2.40. The molecule has 1 N–H and O–H groups in total. The van der Waals surface area contributed by atoms with Gasteiger partial charge < -0.3 is 19.3 Å². The van der Waals surface area contributed by atoms with Crippen LogP contribution in [0.1, 0.15) is 0 Å². The summed E-state index contributed by atoms with van der Waals surface area (Å²) >= 11 is 1.58. The Hall–Kier alpha value is -0.910. The van der Waals surface area contributed by atoms with E-state index in [1.807, 2.05) is 18.2 Å². The average molecular weight is 256 g/mol. The molecule has 0 aromatic heterocycles. The SMILES string of the molecule is COc1ccc(OC)c(SC2(CO)COC2)c1. The number of thioether (sulfide) groups is 1. The van der Waals surface area contributed by atoms with E-state index >= 15 is 0 Å². The van der Waals surface area contributed by atoms with Crippen molar-refractivity contribution in [3.05, 3.63) is 18.2 Å². The van der Waals surface area contributed by atoms with E-state index in [0.717, 1.165) is 16.4 Å². The van der Waals surface area contributed by atoms with Crippen LogP contribution < -0.4 is 9.47 Å². The van der Waals surface area contributed by atoms with Crippen molar-refractivity contribution in [1.82, 2.24) is 0 Å². The molecule has 0 spiro atoms. The van der Waals surface area contributed by atoms with E-state index in [0.29, 0.717) is 13.2 Å². The maximum atomic E-state index is 9.42. The molecule has 0 saturated carbocycles. The highest BCUT2D eigenvalue weighted by Crippen LogP contribution is 2.43. The van der Waals surface area contributed by atoms with E-state index < -0.39 is 0 Å². The van der Waals surface area contributed by atoms with E-state index in [1.165, 1.54) is 0 Å². The minimum Gasteiger partial charge on any atom is -0.497 e. The third kappa shape index (κ3) is 2.51. The minimum atomic E-state index is -0.236. The third-order valence-electron chi connectivity index (χ3n) is 2.72. The van der Waals surface area contributed by atoms with E-state index in [1.54, 1.807) is 26.0 Å². The Kier molecular flexibility index (Phi) is 3.81. The van der Waals surface area contributed by atoms with Crippen LogP contribution in [-0.2, 0) is 4.74 Å². The molecule has 0 radical (unpaired) electrons. The summed E-state index contributed by atoms with van der Waals surface area (Å²) < 4.78 is 15.4. The summed E-state index contributed by atoms with van der Waals surface area (Å²) in [6.07, 6.45) is 0. The summed E-state index contributed by atoms with van der Waals surface area (Å²) in [7, 11) is 3.26. The minimum absolute atomic E-state index is 0.0953. The Bertz CT molecular complexity index is 385. The Balaban J connectivity index is 2.23. The molecule has 0 aliphatic carbocycles. The molecule has 2 rings (SSSR count). The number of benzene rings is 1. The molecule has 1 aliphatic rings. The first-order valence-corrected chi connectivity index (χ1v) is 6.14. The van der Waals surface area contributed by atoms with Crippen LogP contribution in [0.3, 0.4) is 0 Å². The highest BCUT2D eigenvalue weighted by atomic mass is 32.2. The molecule has 1 aliphatic heterocycles. The van der Waals surface area contributed by atoms with Gasteiger partial charge in [-0.25, -0.2) is 0 Å². The fraction of sp³-hybridized carbons (Fsp3) is 0.500. The zero-order valence-electron chi connectivity index (χ0n) is 9.93. The molecule has 5 heteroatoms. The van der Waals surface area contributed by atoms with Crippen molar-refractivity contribution in [3.63, 3.8) is 0 Å². The molecule has 17 heavy (non-hydrogen) atoms. The number of aliphatic hydroxyl groups is 1. The van der Waals surface area contributed by atoms with Crippen LogP contribution in [0.25, 0.3) is 0 Å². The quantitative estimate of drug-likeness (QED) is 0.866. The molecular weight excluding hydrogens is 240 g/mol. The molecule has 1 aromatic rings. The summed E-state index contributed by atoms with van der Waals surface area (Å²) in [4.78, 5) is 0.962. The lowest BCUT2D eigenvalue weighted by molar-refractivity contribution is -0.0319. The molecule has 0 unspecified atom stereocenters. The van der Waals surface area contributed by atoms with Gasteiger partial charge in [0, 0.05) is 0 Å². The summed E-state index contributed by atoms with van der Waals surface area (Å²) in [5.74, 6) is 1.57. The first kappa shape index (κ1) is 12.5. The zero-order chi connectivity index (χ0) is 12.3. The fourth-order valence-corrected chi connectivity index (χ4v) is 2.85. The number of ether oxygens (including phenoxy) is 3. The molecule has 0 atom stereocenters. The van der Waals surface area contributed by atoms with Gasteiger partial charge in [0.2, 0.25) is 0 Å². The van der Waals surface area contributed by atoms with E-state index in [4.69, 9.17) is 14.2 Å². The van der Waals surface area contributed by atoms with Crippen molar-refractivity contribution in [3.8, 4) is 11.5 Å². The molecule has 94 valence electrons. The lowest BCUT2D eigenvalue weighted by atomic mass is 10.1. The highest BCUT2D eigenvalue weighted by molar-refractivity contribution is 8.01. The second-order valence-corrected chi connectivity index (χ2v) is 5.46. The van der Waals surface area contributed by atoms with Gasteiger partial charge in [-0.15, -0.1) is 11.8 Å². The van der Waals surface area contributed by atoms with Crippen molar-refractivity contribution in [2.24, 2.45) is 0 Å². The number of methoxy groups -OCH3 is 2. The summed E-state index contributed by atoms with van der Waals surface area (Å²) in [5.41, 5.74) is 0. The lowest BCUT2D eigenvalue weighted by Gasteiger charge is -2.39. The molecule has 4 nitrogen and oxygen atoms in total. The molecule has 1 fully saturated rings. The summed E-state index contributed by atoms with van der Waals surface area (Å²) in [5, 5.41) is 9.42. The van der Waals surface area contributed by atoms with Gasteiger partial charge in [-0.2, -0.15) is 0 Å². The molecule has 1 saturated heterocycles. The van der Waals surface area contributed by atoms with Crippen LogP contribution in [0.2, 0.25) is 0 Å². The van der Waals surface area contributed by atoms with E-state index in [-0.39, 0.29) is 11.4 Å². The van der Waals surface area contributed by atoms with Crippen molar-refractivity contribution < 1.29 is 19.3 Å². The monoisotopic (exact) mass is 256 g/mol. The molecular formula is C12H16O4S. The Morgan fingerprint density at radius 1 is 1.35 bits per heavy atom. The summed E-state index contributed by atoms with van der Waals surface area (Å²) in [6.45, 7) is 1.22.